The first-order valence-corrected chi connectivity index (χ1v) is 11.1. The number of aliphatic hydroxyl groups excluding tert-OH is 2. The smallest absolute Gasteiger partial charge is 0.119 e. The minimum Gasteiger partial charge on any atom is -0.494 e. The summed E-state index contributed by atoms with van der Waals surface area (Å²) in [5.74, 6) is 1.74. The molecule has 0 saturated heterocycles. The van der Waals surface area contributed by atoms with Gasteiger partial charge in [0.1, 0.15) is 11.5 Å². The van der Waals surface area contributed by atoms with Crippen LogP contribution in [0.25, 0.3) is 11.1 Å². The van der Waals surface area contributed by atoms with Crippen molar-refractivity contribution >= 4 is 11.1 Å². The quantitative estimate of drug-likeness (QED) is 0.308. The van der Waals surface area contributed by atoms with E-state index in [2.05, 4.69) is 38.1 Å². The molecule has 164 valence electrons. The molecule has 0 aromatic heterocycles. The number of rotatable bonds is 14. The fourth-order valence-electron chi connectivity index (χ4n) is 3.50. The topological polar surface area (TPSA) is 58.9 Å². The molecule has 0 heterocycles. The molecule has 2 rings (SSSR count). The standard InChI is InChI=1S/C26H36O4/c1-3-25(21-9-13-23(14-10-21)29-19-7-5-17-27)26(4-2)22-11-15-24(16-12-22)30-20-8-6-18-28/h9-16,27-28H,3-8,17-20H2,1-2H3/b26-25+. The van der Waals surface area contributed by atoms with Crippen LogP contribution in [0.5, 0.6) is 11.5 Å². The first kappa shape index (κ1) is 24.0. The highest BCUT2D eigenvalue weighted by atomic mass is 16.5. The summed E-state index contributed by atoms with van der Waals surface area (Å²) in [6.45, 7) is 6.08. The second-order valence-electron chi connectivity index (χ2n) is 7.27. The normalized spacial score (nSPS) is 11.9. The predicted octanol–water partition coefficient (Wildman–Crippen LogP) is 5.72. The third kappa shape index (κ3) is 7.51. The van der Waals surface area contributed by atoms with Crippen molar-refractivity contribution in [3.63, 3.8) is 0 Å². The van der Waals surface area contributed by atoms with E-state index in [4.69, 9.17) is 19.7 Å². The number of allylic oxidation sites excluding steroid dienone is 2. The largest absolute Gasteiger partial charge is 0.494 e. The van der Waals surface area contributed by atoms with Crippen LogP contribution in [0.15, 0.2) is 48.5 Å². The maximum absolute atomic E-state index is 8.85. The van der Waals surface area contributed by atoms with Gasteiger partial charge >= 0.3 is 0 Å². The summed E-state index contributed by atoms with van der Waals surface area (Å²) >= 11 is 0. The van der Waals surface area contributed by atoms with Crippen molar-refractivity contribution in [3.05, 3.63) is 59.7 Å². The monoisotopic (exact) mass is 412 g/mol. The summed E-state index contributed by atoms with van der Waals surface area (Å²) in [5.41, 5.74) is 5.14. The Morgan fingerprint density at radius 1 is 0.600 bits per heavy atom. The van der Waals surface area contributed by atoms with Crippen molar-refractivity contribution in [3.8, 4) is 11.5 Å². The Kier molecular flexibility index (Phi) is 11.1. The summed E-state index contributed by atoms with van der Waals surface area (Å²) in [4.78, 5) is 0. The lowest BCUT2D eigenvalue weighted by atomic mass is 9.91. The highest BCUT2D eigenvalue weighted by Crippen LogP contribution is 2.33. The van der Waals surface area contributed by atoms with Crippen LogP contribution in [0, 0.1) is 0 Å². The zero-order valence-electron chi connectivity index (χ0n) is 18.4. The molecule has 0 aliphatic carbocycles. The Hall–Kier alpha value is -2.30. The predicted molar refractivity (Wildman–Crippen MR) is 124 cm³/mol. The molecule has 0 atom stereocenters. The fourth-order valence-corrected chi connectivity index (χ4v) is 3.50. The number of benzene rings is 2. The van der Waals surface area contributed by atoms with Crippen LogP contribution < -0.4 is 9.47 Å². The third-order valence-corrected chi connectivity index (χ3v) is 5.12. The highest BCUT2D eigenvalue weighted by Gasteiger charge is 2.10. The zero-order chi connectivity index (χ0) is 21.6. The molecule has 0 aliphatic heterocycles. The van der Waals surface area contributed by atoms with Crippen molar-refractivity contribution < 1.29 is 19.7 Å². The van der Waals surface area contributed by atoms with Gasteiger partial charge in [-0.05, 0) is 85.1 Å². The Balaban J connectivity index is 2.11. The molecule has 0 radical (unpaired) electrons. The van der Waals surface area contributed by atoms with Crippen molar-refractivity contribution in [2.24, 2.45) is 0 Å². The van der Waals surface area contributed by atoms with Gasteiger partial charge in [0.05, 0.1) is 13.2 Å². The van der Waals surface area contributed by atoms with E-state index in [9.17, 15) is 0 Å². The molecule has 2 aromatic rings. The third-order valence-electron chi connectivity index (χ3n) is 5.12. The van der Waals surface area contributed by atoms with E-state index in [1.54, 1.807) is 0 Å². The van der Waals surface area contributed by atoms with Crippen LogP contribution in [-0.4, -0.2) is 36.6 Å². The van der Waals surface area contributed by atoms with Crippen LogP contribution >= 0.6 is 0 Å². The lowest BCUT2D eigenvalue weighted by Crippen LogP contribution is -1.99. The molecular weight excluding hydrogens is 376 g/mol. The summed E-state index contributed by atoms with van der Waals surface area (Å²) < 4.78 is 11.5. The van der Waals surface area contributed by atoms with Gasteiger partial charge in [-0.25, -0.2) is 0 Å². The van der Waals surface area contributed by atoms with Gasteiger partial charge in [0.25, 0.3) is 0 Å². The van der Waals surface area contributed by atoms with Crippen LogP contribution in [0.3, 0.4) is 0 Å². The first-order valence-electron chi connectivity index (χ1n) is 11.1. The molecule has 0 bridgehead atoms. The number of hydrogen-bond acceptors (Lipinski definition) is 4. The molecule has 0 fully saturated rings. The van der Waals surface area contributed by atoms with E-state index in [0.29, 0.717) is 13.2 Å². The Morgan fingerprint density at radius 3 is 1.27 bits per heavy atom. The van der Waals surface area contributed by atoms with Crippen molar-refractivity contribution in [1.29, 1.82) is 0 Å². The van der Waals surface area contributed by atoms with Crippen LogP contribution in [0.1, 0.15) is 63.5 Å². The van der Waals surface area contributed by atoms with Gasteiger partial charge < -0.3 is 19.7 Å². The lowest BCUT2D eigenvalue weighted by Gasteiger charge is -2.15. The number of ether oxygens (including phenoxy) is 2. The minimum atomic E-state index is 0.212. The number of hydrogen-bond donors (Lipinski definition) is 2. The Morgan fingerprint density at radius 2 is 0.967 bits per heavy atom. The Bertz CT molecular complexity index is 682. The van der Waals surface area contributed by atoms with E-state index >= 15 is 0 Å². The summed E-state index contributed by atoms with van der Waals surface area (Å²) in [6, 6.07) is 16.6. The van der Waals surface area contributed by atoms with Gasteiger partial charge in [-0.1, -0.05) is 38.1 Å². The van der Waals surface area contributed by atoms with Gasteiger partial charge in [0.2, 0.25) is 0 Å². The van der Waals surface area contributed by atoms with E-state index in [1.807, 2.05) is 24.3 Å². The minimum absolute atomic E-state index is 0.212. The maximum atomic E-state index is 8.85. The molecule has 0 spiro atoms. The van der Waals surface area contributed by atoms with Gasteiger partial charge in [0.15, 0.2) is 0 Å². The Labute approximate surface area is 181 Å². The second kappa shape index (κ2) is 13.8. The van der Waals surface area contributed by atoms with E-state index in [-0.39, 0.29) is 13.2 Å². The summed E-state index contributed by atoms with van der Waals surface area (Å²) in [7, 11) is 0. The SMILES string of the molecule is CC/C(=C(/CC)c1ccc(OCCCCO)cc1)c1ccc(OCCCCO)cc1. The molecule has 0 unspecified atom stereocenters. The molecule has 4 heteroatoms. The molecule has 2 N–H and O–H groups in total. The van der Waals surface area contributed by atoms with Gasteiger partial charge in [-0.15, -0.1) is 0 Å². The van der Waals surface area contributed by atoms with Crippen LogP contribution in [-0.2, 0) is 0 Å². The molecule has 30 heavy (non-hydrogen) atoms. The zero-order valence-corrected chi connectivity index (χ0v) is 18.4. The molecule has 2 aromatic carbocycles. The second-order valence-corrected chi connectivity index (χ2v) is 7.27. The van der Waals surface area contributed by atoms with E-state index < -0.39 is 0 Å². The van der Waals surface area contributed by atoms with Gasteiger partial charge in [-0.2, -0.15) is 0 Å². The summed E-state index contributed by atoms with van der Waals surface area (Å²) in [6.07, 6.45) is 5.18. The first-order chi connectivity index (χ1) is 14.7. The maximum Gasteiger partial charge on any atom is 0.119 e. The van der Waals surface area contributed by atoms with Gasteiger partial charge in [-0.3, -0.25) is 0 Å². The van der Waals surface area contributed by atoms with Crippen molar-refractivity contribution in [2.45, 2.75) is 52.4 Å². The van der Waals surface area contributed by atoms with Crippen LogP contribution in [0.4, 0.5) is 0 Å². The summed E-state index contributed by atoms with van der Waals surface area (Å²) in [5, 5.41) is 17.7. The molecule has 0 aliphatic rings. The molecular formula is C26H36O4. The average Bonchev–Trinajstić information content (AvgIpc) is 2.79. The van der Waals surface area contributed by atoms with Crippen molar-refractivity contribution in [1.82, 2.24) is 0 Å². The van der Waals surface area contributed by atoms with E-state index in [0.717, 1.165) is 50.0 Å². The number of unbranched alkanes of at least 4 members (excludes halogenated alkanes) is 2. The average molecular weight is 413 g/mol. The molecule has 0 saturated carbocycles. The van der Waals surface area contributed by atoms with E-state index in [1.165, 1.54) is 22.3 Å². The van der Waals surface area contributed by atoms with Gasteiger partial charge in [0, 0.05) is 13.2 Å². The number of aliphatic hydroxyl groups is 2. The highest BCUT2D eigenvalue weighted by molar-refractivity contribution is 5.90. The molecule has 0 amide bonds. The molecule has 4 nitrogen and oxygen atoms in total. The fraction of sp³-hybridized carbons (Fsp3) is 0.462. The lowest BCUT2D eigenvalue weighted by molar-refractivity contribution is 0.253. The van der Waals surface area contributed by atoms with Crippen LogP contribution in [0.2, 0.25) is 0 Å². The van der Waals surface area contributed by atoms with Crippen molar-refractivity contribution in [2.75, 3.05) is 26.4 Å².